The molecule has 0 saturated heterocycles. The molecular formula is C13H17FN2. The maximum atomic E-state index is 13.2. The highest BCUT2D eigenvalue weighted by Crippen LogP contribution is 2.23. The molecule has 0 aliphatic rings. The number of aryl methyl sites for hydroxylation is 1. The Balaban J connectivity index is 2.34. The Labute approximate surface area is 94.9 Å². The third-order valence-electron chi connectivity index (χ3n) is 2.88. The maximum Gasteiger partial charge on any atom is 0.123 e. The van der Waals surface area contributed by atoms with Crippen molar-refractivity contribution in [1.82, 2.24) is 10.3 Å². The number of nitrogens with one attached hydrogen (secondary N) is 2. The summed E-state index contributed by atoms with van der Waals surface area (Å²) in [5.74, 6) is -0.170. The summed E-state index contributed by atoms with van der Waals surface area (Å²) in [5.41, 5.74) is 3.37. The number of H-pyrrole nitrogens is 1. The first-order chi connectivity index (χ1) is 7.72. The summed E-state index contributed by atoms with van der Waals surface area (Å²) in [6.45, 7) is 6.03. The quantitative estimate of drug-likeness (QED) is 0.762. The molecule has 0 saturated carbocycles. The van der Waals surface area contributed by atoms with Crippen LogP contribution < -0.4 is 5.32 Å². The molecular weight excluding hydrogens is 203 g/mol. The third-order valence-corrected chi connectivity index (χ3v) is 2.88. The normalized spacial score (nSPS) is 11.2. The van der Waals surface area contributed by atoms with Crippen LogP contribution in [0.5, 0.6) is 0 Å². The number of likely N-dealkylation sites (N-methyl/N-ethyl adjacent to an activating group) is 1. The highest BCUT2D eigenvalue weighted by atomic mass is 19.1. The average Bonchev–Trinajstić information content (AvgIpc) is 2.56. The number of halogens is 1. The number of rotatable bonds is 4. The van der Waals surface area contributed by atoms with Crippen LogP contribution in [0, 0.1) is 12.7 Å². The molecule has 0 spiro atoms. The highest BCUT2D eigenvalue weighted by molar-refractivity contribution is 5.84. The topological polar surface area (TPSA) is 27.8 Å². The summed E-state index contributed by atoms with van der Waals surface area (Å²) in [6.07, 6.45) is 0.934. The van der Waals surface area contributed by atoms with Gasteiger partial charge in [0.1, 0.15) is 5.82 Å². The van der Waals surface area contributed by atoms with Gasteiger partial charge < -0.3 is 10.3 Å². The molecule has 1 aromatic carbocycles. The Hall–Kier alpha value is -1.35. The second kappa shape index (κ2) is 4.66. The first-order valence-corrected chi connectivity index (χ1v) is 5.69. The molecule has 3 heteroatoms. The first-order valence-electron chi connectivity index (χ1n) is 5.69. The maximum absolute atomic E-state index is 13.2. The Morgan fingerprint density at radius 3 is 2.94 bits per heavy atom. The molecule has 2 aromatic rings. The van der Waals surface area contributed by atoms with Crippen LogP contribution in [0.3, 0.4) is 0 Å². The molecule has 86 valence electrons. The molecule has 0 aliphatic carbocycles. The van der Waals surface area contributed by atoms with E-state index < -0.39 is 0 Å². The Morgan fingerprint density at radius 1 is 1.38 bits per heavy atom. The predicted octanol–water partition coefficient (Wildman–Crippen LogP) is 2.77. The minimum absolute atomic E-state index is 0.170. The number of hydrogen-bond acceptors (Lipinski definition) is 1. The van der Waals surface area contributed by atoms with E-state index in [4.69, 9.17) is 0 Å². The molecule has 1 heterocycles. The molecule has 16 heavy (non-hydrogen) atoms. The van der Waals surface area contributed by atoms with E-state index in [0.717, 1.165) is 36.1 Å². The van der Waals surface area contributed by atoms with Crippen LogP contribution >= 0.6 is 0 Å². The molecule has 2 nitrogen and oxygen atoms in total. The van der Waals surface area contributed by atoms with E-state index in [1.54, 1.807) is 12.1 Å². The van der Waals surface area contributed by atoms with Crippen molar-refractivity contribution >= 4 is 10.9 Å². The zero-order chi connectivity index (χ0) is 11.5. The molecule has 1 aromatic heterocycles. The van der Waals surface area contributed by atoms with Gasteiger partial charge in [-0.15, -0.1) is 0 Å². The molecule has 2 N–H and O–H groups in total. The van der Waals surface area contributed by atoms with Gasteiger partial charge in [0, 0.05) is 16.6 Å². The van der Waals surface area contributed by atoms with Crippen LogP contribution in [0.25, 0.3) is 10.9 Å². The van der Waals surface area contributed by atoms with E-state index in [1.807, 2.05) is 6.92 Å². The average molecular weight is 220 g/mol. The lowest BCUT2D eigenvalue weighted by atomic mass is 10.1. The van der Waals surface area contributed by atoms with E-state index in [1.165, 1.54) is 11.6 Å². The van der Waals surface area contributed by atoms with E-state index in [2.05, 4.69) is 17.2 Å². The summed E-state index contributed by atoms with van der Waals surface area (Å²) >= 11 is 0. The van der Waals surface area contributed by atoms with Gasteiger partial charge in [0.05, 0.1) is 0 Å². The lowest BCUT2D eigenvalue weighted by molar-refractivity contribution is 0.629. The van der Waals surface area contributed by atoms with Crippen molar-refractivity contribution in [3.05, 3.63) is 35.3 Å². The number of benzene rings is 1. The fraction of sp³-hybridized carbons (Fsp3) is 0.385. The lowest BCUT2D eigenvalue weighted by Crippen LogP contribution is -2.16. The van der Waals surface area contributed by atoms with Crippen LogP contribution in [0.15, 0.2) is 18.2 Å². The lowest BCUT2D eigenvalue weighted by Gasteiger charge is -2.02. The number of hydrogen-bond donors (Lipinski definition) is 2. The summed E-state index contributed by atoms with van der Waals surface area (Å²) in [6, 6.07) is 4.90. The van der Waals surface area contributed by atoms with E-state index in [9.17, 15) is 4.39 Å². The Kier molecular flexibility index (Phi) is 3.25. The van der Waals surface area contributed by atoms with Crippen molar-refractivity contribution in [1.29, 1.82) is 0 Å². The summed E-state index contributed by atoms with van der Waals surface area (Å²) < 4.78 is 13.2. The van der Waals surface area contributed by atoms with Gasteiger partial charge in [-0.1, -0.05) is 6.92 Å². The van der Waals surface area contributed by atoms with Crippen LogP contribution in [0.2, 0.25) is 0 Å². The standard InChI is InChI=1S/C13H17FN2/c1-3-15-7-6-11-9(2)16-13-5-4-10(14)8-12(11)13/h4-5,8,15-16H,3,6-7H2,1-2H3. The van der Waals surface area contributed by atoms with Gasteiger partial charge in [0.15, 0.2) is 0 Å². The van der Waals surface area contributed by atoms with Crippen molar-refractivity contribution in [2.45, 2.75) is 20.3 Å². The van der Waals surface area contributed by atoms with Crippen LogP contribution in [0.1, 0.15) is 18.2 Å². The fourth-order valence-electron chi connectivity index (χ4n) is 2.07. The fourth-order valence-corrected chi connectivity index (χ4v) is 2.07. The molecule has 0 radical (unpaired) electrons. The van der Waals surface area contributed by atoms with Crippen molar-refractivity contribution in [2.24, 2.45) is 0 Å². The molecule has 0 atom stereocenters. The molecule has 0 unspecified atom stereocenters. The molecule has 0 aliphatic heterocycles. The van der Waals surface area contributed by atoms with Crippen LogP contribution in [0.4, 0.5) is 4.39 Å². The largest absolute Gasteiger partial charge is 0.358 e. The van der Waals surface area contributed by atoms with Gasteiger partial charge in [-0.2, -0.15) is 0 Å². The SMILES string of the molecule is CCNCCc1c(C)[nH]c2ccc(F)cc12. The number of aromatic nitrogens is 1. The molecule has 0 fully saturated rings. The summed E-state index contributed by atoms with van der Waals surface area (Å²) in [5, 5.41) is 4.30. The van der Waals surface area contributed by atoms with Gasteiger partial charge in [0.2, 0.25) is 0 Å². The van der Waals surface area contributed by atoms with Crippen LogP contribution in [-0.2, 0) is 6.42 Å². The summed E-state index contributed by atoms with van der Waals surface area (Å²) in [4.78, 5) is 3.29. The van der Waals surface area contributed by atoms with E-state index in [-0.39, 0.29) is 5.82 Å². The van der Waals surface area contributed by atoms with E-state index in [0.29, 0.717) is 0 Å². The summed E-state index contributed by atoms with van der Waals surface area (Å²) in [7, 11) is 0. The smallest absolute Gasteiger partial charge is 0.123 e. The predicted molar refractivity (Wildman–Crippen MR) is 65.2 cm³/mol. The highest BCUT2D eigenvalue weighted by Gasteiger charge is 2.08. The molecule has 0 amide bonds. The zero-order valence-electron chi connectivity index (χ0n) is 9.73. The second-order valence-electron chi connectivity index (χ2n) is 4.02. The van der Waals surface area contributed by atoms with Crippen molar-refractivity contribution in [2.75, 3.05) is 13.1 Å². The second-order valence-corrected chi connectivity index (χ2v) is 4.02. The molecule has 2 rings (SSSR count). The van der Waals surface area contributed by atoms with Gasteiger partial charge >= 0.3 is 0 Å². The minimum atomic E-state index is -0.170. The van der Waals surface area contributed by atoms with Crippen LogP contribution in [-0.4, -0.2) is 18.1 Å². The van der Waals surface area contributed by atoms with Gasteiger partial charge in [-0.05, 0) is 50.2 Å². The minimum Gasteiger partial charge on any atom is -0.358 e. The van der Waals surface area contributed by atoms with E-state index >= 15 is 0 Å². The monoisotopic (exact) mass is 220 g/mol. The van der Waals surface area contributed by atoms with Crippen molar-refractivity contribution in [3.8, 4) is 0 Å². The Morgan fingerprint density at radius 2 is 2.19 bits per heavy atom. The molecule has 0 bridgehead atoms. The van der Waals surface area contributed by atoms with Crippen molar-refractivity contribution < 1.29 is 4.39 Å². The number of aromatic amines is 1. The van der Waals surface area contributed by atoms with Gasteiger partial charge in [-0.3, -0.25) is 0 Å². The Bertz CT molecular complexity index is 488. The number of fused-ring (bicyclic) bond motifs is 1. The third kappa shape index (κ3) is 2.09. The van der Waals surface area contributed by atoms with Crippen molar-refractivity contribution in [3.63, 3.8) is 0 Å². The van der Waals surface area contributed by atoms with Gasteiger partial charge in [0.25, 0.3) is 0 Å². The first kappa shape index (κ1) is 11.1. The van der Waals surface area contributed by atoms with Gasteiger partial charge in [-0.25, -0.2) is 4.39 Å². The zero-order valence-corrected chi connectivity index (χ0v) is 9.73.